The van der Waals surface area contributed by atoms with E-state index in [0.29, 0.717) is 0 Å². The van der Waals surface area contributed by atoms with Crippen molar-refractivity contribution in [3.8, 4) is 0 Å². The lowest BCUT2D eigenvalue weighted by Crippen LogP contribution is -2.18. The maximum absolute atomic E-state index is 4.74. The summed E-state index contributed by atoms with van der Waals surface area (Å²) in [6, 6.07) is 38.7. The molecule has 0 aliphatic rings. The van der Waals surface area contributed by atoms with Crippen molar-refractivity contribution in [1.29, 1.82) is 0 Å². The van der Waals surface area contributed by atoms with Crippen LogP contribution in [0.15, 0.2) is 115 Å². The van der Waals surface area contributed by atoms with Crippen LogP contribution < -0.4 is 10.6 Å². The molecule has 1 aromatic heterocycles. The fourth-order valence-corrected chi connectivity index (χ4v) is 6.02. The van der Waals surface area contributed by atoms with Crippen LogP contribution in [-0.2, 0) is 0 Å². The van der Waals surface area contributed by atoms with E-state index < -0.39 is 7.92 Å². The van der Waals surface area contributed by atoms with E-state index in [1.165, 1.54) is 16.2 Å². The van der Waals surface area contributed by atoms with Crippen molar-refractivity contribution in [3.05, 3.63) is 127 Å². The number of nitrogens with zero attached hydrogens (tertiary/aromatic N) is 1. The Bertz CT molecular complexity index is 765. The van der Waals surface area contributed by atoms with Crippen LogP contribution in [0, 0.1) is 0 Å². The smallest absolute Gasteiger partial charge is 0.0544 e. The van der Waals surface area contributed by atoms with E-state index in [9.17, 15) is 0 Å². The molecule has 3 aromatic carbocycles. The summed E-state index contributed by atoms with van der Waals surface area (Å²) in [6.45, 7) is 0. The molecule has 0 N–H and O–H groups in total. The molecule has 1 nitrogen and oxygen atoms in total. The van der Waals surface area contributed by atoms with Crippen molar-refractivity contribution < 1.29 is 0 Å². The van der Waals surface area contributed by atoms with Gasteiger partial charge in [0.1, 0.15) is 0 Å². The molecule has 2 heteroatoms. The lowest BCUT2D eigenvalue weighted by atomic mass is 10.1. The molecule has 1 atom stereocenters. The predicted octanol–water partition coefficient (Wildman–Crippen LogP) is 5.30. The summed E-state index contributed by atoms with van der Waals surface area (Å²) in [6.07, 6.45) is 1.90. The highest BCUT2D eigenvalue weighted by atomic mass is 31.1. The maximum atomic E-state index is 4.74. The summed E-state index contributed by atoms with van der Waals surface area (Å²) < 4.78 is 0. The first-order valence-electron chi connectivity index (χ1n) is 8.79. The summed E-state index contributed by atoms with van der Waals surface area (Å²) in [5.74, 6) is 0. The Hall–Kier alpha value is -2.76. The van der Waals surface area contributed by atoms with Crippen LogP contribution in [0.3, 0.4) is 0 Å². The minimum absolute atomic E-state index is 0.220. The van der Waals surface area contributed by atoms with E-state index in [1.807, 2.05) is 12.3 Å². The molecule has 126 valence electrons. The third-order valence-corrected chi connectivity index (χ3v) is 7.20. The molecule has 0 aliphatic heterocycles. The molecule has 0 bridgehead atoms. The molecule has 4 aromatic rings. The Balaban J connectivity index is 1.93. The summed E-state index contributed by atoms with van der Waals surface area (Å²) >= 11 is 0. The Morgan fingerprint density at radius 2 is 1.04 bits per heavy atom. The largest absolute Gasteiger partial charge is 0.260 e. The number of aromatic nitrogens is 1. The Labute approximate surface area is 156 Å². The average Bonchev–Trinajstić information content (AvgIpc) is 2.74. The number of hydrogen-bond acceptors (Lipinski definition) is 1. The number of rotatable bonds is 5. The molecule has 4 rings (SSSR count). The first-order chi connectivity index (χ1) is 12.9. The summed E-state index contributed by atoms with van der Waals surface area (Å²) in [5, 5.41) is 2.74. The van der Waals surface area contributed by atoms with E-state index in [4.69, 9.17) is 4.98 Å². The number of benzene rings is 3. The second-order valence-corrected chi connectivity index (χ2v) is 8.40. The van der Waals surface area contributed by atoms with Crippen molar-refractivity contribution in [2.75, 3.05) is 0 Å². The van der Waals surface area contributed by atoms with Crippen molar-refractivity contribution in [3.63, 3.8) is 0 Å². The second-order valence-electron chi connectivity index (χ2n) is 6.11. The van der Waals surface area contributed by atoms with Crippen LogP contribution in [0.25, 0.3) is 0 Å². The molecule has 0 spiro atoms. The van der Waals surface area contributed by atoms with Gasteiger partial charge in [0.2, 0.25) is 0 Å². The molecule has 0 radical (unpaired) electrons. The molecule has 0 saturated carbocycles. The van der Waals surface area contributed by atoms with Crippen LogP contribution in [0.5, 0.6) is 0 Å². The van der Waals surface area contributed by atoms with E-state index in [2.05, 4.69) is 103 Å². The van der Waals surface area contributed by atoms with Crippen LogP contribution in [0.4, 0.5) is 0 Å². The van der Waals surface area contributed by atoms with Gasteiger partial charge in [0.05, 0.1) is 11.4 Å². The summed E-state index contributed by atoms with van der Waals surface area (Å²) in [7, 11) is -0.629. The molecule has 0 aliphatic carbocycles. The average molecular weight is 353 g/mol. The van der Waals surface area contributed by atoms with E-state index in [1.54, 1.807) is 0 Å². The quantitative estimate of drug-likeness (QED) is 0.444. The molecular formula is C24H20NP. The molecule has 0 unspecified atom stereocenters. The van der Waals surface area contributed by atoms with Gasteiger partial charge in [-0.3, -0.25) is 4.98 Å². The zero-order chi connectivity index (χ0) is 17.6. The molecule has 26 heavy (non-hydrogen) atoms. The van der Waals surface area contributed by atoms with Crippen molar-refractivity contribution >= 4 is 18.5 Å². The minimum Gasteiger partial charge on any atom is -0.260 e. The third kappa shape index (κ3) is 3.59. The molecule has 0 amide bonds. The van der Waals surface area contributed by atoms with Crippen LogP contribution in [0.1, 0.15) is 16.9 Å². The SMILES string of the molecule is c1ccc([C@@H](c2ccccn2)P(c2ccccc2)c2ccccc2)cc1. The number of pyridine rings is 1. The van der Waals surface area contributed by atoms with E-state index in [-0.39, 0.29) is 5.66 Å². The standard InChI is InChI=1S/C24H20NP/c1-4-12-20(13-5-1)24(23-18-10-11-19-25-23)26(21-14-6-2-7-15-21)22-16-8-3-9-17-22/h1-19,24H/t24-/m0/s1. The first kappa shape index (κ1) is 16.7. The van der Waals surface area contributed by atoms with E-state index in [0.717, 1.165) is 5.69 Å². The lowest BCUT2D eigenvalue weighted by Gasteiger charge is -2.29. The monoisotopic (exact) mass is 353 g/mol. The van der Waals surface area contributed by atoms with Gasteiger partial charge in [0.15, 0.2) is 0 Å². The fraction of sp³-hybridized carbons (Fsp3) is 0.0417. The van der Waals surface area contributed by atoms with Crippen molar-refractivity contribution in [2.45, 2.75) is 5.66 Å². The Morgan fingerprint density at radius 3 is 1.54 bits per heavy atom. The summed E-state index contributed by atoms with van der Waals surface area (Å²) in [4.78, 5) is 4.74. The van der Waals surface area contributed by atoms with Gasteiger partial charge in [-0.25, -0.2) is 0 Å². The van der Waals surface area contributed by atoms with Gasteiger partial charge in [-0.05, 0) is 36.2 Å². The summed E-state index contributed by atoms with van der Waals surface area (Å²) in [5.41, 5.74) is 2.65. The first-order valence-corrected chi connectivity index (χ1v) is 10.2. The lowest BCUT2D eigenvalue weighted by molar-refractivity contribution is 1.04. The zero-order valence-electron chi connectivity index (χ0n) is 14.4. The van der Waals surface area contributed by atoms with Crippen LogP contribution in [-0.4, -0.2) is 4.98 Å². The molecular weight excluding hydrogens is 333 g/mol. The normalized spacial score (nSPS) is 12.0. The third-order valence-electron chi connectivity index (χ3n) is 4.41. The van der Waals surface area contributed by atoms with Gasteiger partial charge in [-0.15, -0.1) is 0 Å². The van der Waals surface area contributed by atoms with Gasteiger partial charge in [-0.1, -0.05) is 97.1 Å². The van der Waals surface area contributed by atoms with Crippen LogP contribution >= 0.6 is 7.92 Å². The Kier molecular flexibility index (Phi) is 5.19. The van der Waals surface area contributed by atoms with Gasteiger partial charge in [0, 0.05) is 6.20 Å². The van der Waals surface area contributed by atoms with Crippen LogP contribution in [0.2, 0.25) is 0 Å². The zero-order valence-corrected chi connectivity index (χ0v) is 15.3. The van der Waals surface area contributed by atoms with Crippen molar-refractivity contribution in [2.24, 2.45) is 0 Å². The topological polar surface area (TPSA) is 12.9 Å². The highest BCUT2D eigenvalue weighted by Crippen LogP contribution is 2.52. The number of hydrogen-bond donors (Lipinski definition) is 0. The van der Waals surface area contributed by atoms with Gasteiger partial charge < -0.3 is 0 Å². The fourth-order valence-electron chi connectivity index (χ4n) is 3.25. The molecule has 0 saturated heterocycles. The van der Waals surface area contributed by atoms with Gasteiger partial charge in [-0.2, -0.15) is 0 Å². The minimum atomic E-state index is -0.629. The van der Waals surface area contributed by atoms with E-state index >= 15 is 0 Å². The molecule has 1 heterocycles. The predicted molar refractivity (Wildman–Crippen MR) is 112 cm³/mol. The highest BCUT2D eigenvalue weighted by Gasteiger charge is 2.28. The van der Waals surface area contributed by atoms with Crippen molar-refractivity contribution in [1.82, 2.24) is 4.98 Å². The Morgan fingerprint density at radius 1 is 0.538 bits per heavy atom. The van der Waals surface area contributed by atoms with Gasteiger partial charge in [0.25, 0.3) is 0 Å². The van der Waals surface area contributed by atoms with Gasteiger partial charge >= 0.3 is 0 Å². The highest BCUT2D eigenvalue weighted by molar-refractivity contribution is 7.73. The second kappa shape index (κ2) is 8.08. The molecule has 0 fully saturated rings. The maximum Gasteiger partial charge on any atom is 0.0544 e.